The summed E-state index contributed by atoms with van der Waals surface area (Å²) in [6.07, 6.45) is 9.00. The van der Waals surface area contributed by atoms with Crippen molar-refractivity contribution in [2.24, 2.45) is 11.8 Å². The summed E-state index contributed by atoms with van der Waals surface area (Å²) in [4.78, 5) is 0. The van der Waals surface area contributed by atoms with Gasteiger partial charge in [-0.2, -0.15) is 0 Å². The quantitative estimate of drug-likeness (QED) is 0.511. The van der Waals surface area contributed by atoms with Crippen molar-refractivity contribution in [1.82, 2.24) is 0 Å². The highest BCUT2D eigenvalue weighted by molar-refractivity contribution is 4.87. The molecule has 0 aromatic rings. The Kier molecular flexibility index (Phi) is 2.98. The van der Waals surface area contributed by atoms with Crippen molar-refractivity contribution in [1.29, 1.82) is 0 Å². The Morgan fingerprint density at radius 3 is 2.70 bits per heavy atom. The van der Waals surface area contributed by atoms with E-state index < -0.39 is 0 Å². The Morgan fingerprint density at radius 1 is 1.40 bits per heavy atom. The number of hydrogen-bond donors (Lipinski definition) is 0. The molecule has 1 aliphatic carbocycles. The molecular weight excluding hydrogens is 120 g/mol. The van der Waals surface area contributed by atoms with Gasteiger partial charge in [-0.05, 0) is 31.1 Å². The molecule has 1 aliphatic rings. The van der Waals surface area contributed by atoms with E-state index >= 15 is 0 Å². The monoisotopic (exact) mass is 138 g/mol. The summed E-state index contributed by atoms with van der Waals surface area (Å²) >= 11 is 0. The fraction of sp³-hybridized carbons (Fsp3) is 0.800. The van der Waals surface area contributed by atoms with Gasteiger partial charge in [0.05, 0.1) is 0 Å². The number of hydrogen-bond acceptors (Lipinski definition) is 0. The summed E-state index contributed by atoms with van der Waals surface area (Å²) in [5.41, 5.74) is 0. The Labute approximate surface area is 64.3 Å². The second kappa shape index (κ2) is 3.80. The van der Waals surface area contributed by atoms with E-state index in [1.54, 1.807) is 0 Å². The molecule has 0 N–H and O–H groups in total. The van der Waals surface area contributed by atoms with Crippen LogP contribution in [0.1, 0.15) is 39.0 Å². The van der Waals surface area contributed by atoms with Crippen LogP contribution in [-0.2, 0) is 0 Å². The summed E-state index contributed by atoms with van der Waals surface area (Å²) in [7, 11) is 0. The molecule has 58 valence electrons. The summed E-state index contributed by atoms with van der Waals surface area (Å²) in [5, 5.41) is 0. The molecule has 0 heterocycles. The lowest BCUT2D eigenvalue weighted by molar-refractivity contribution is 0.605. The van der Waals surface area contributed by atoms with Crippen LogP contribution in [0.25, 0.3) is 0 Å². The van der Waals surface area contributed by atoms with Crippen LogP contribution in [0.5, 0.6) is 0 Å². The van der Waals surface area contributed by atoms with Gasteiger partial charge in [0.1, 0.15) is 0 Å². The summed E-state index contributed by atoms with van der Waals surface area (Å²) < 4.78 is 0. The minimum absolute atomic E-state index is 1.07. The van der Waals surface area contributed by atoms with E-state index in [1.165, 1.54) is 32.1 Å². The SMILES string of the molecule is C=CCCC1CC1CCC. The van der Waals surface area contributed by atoms with Gasteiger partial charge in [-0.25, -0.2) is 0 Å². The molecule has 0 nitrogen and oxygen atoms in total. The normalized spacial score (nSPS) is 30.1. The van der Waals surface area contributed by atoms with Crippen LogP contribution in [0.15, 0.2) is 12.7 Å². The average Bonchev–Trinajstić information content (AvgIpc) is 2.65. The van der Waals surface area contributed by atoms with E-state index in [0.717, 1.165) is 11.8 Å². The van der Waals surface area contributed by atoms with Gasteiger partial charge in [-0.1, -0.05) is 25.8 Å². The van der Waals surface area contributed by atoms with Gasteiger partial charge in [-0.15, -0.1) is 6.58 Å². The topological polar surface area (TPSA) is 0 Å². The average molecular weight is 138 g/mol. The number of rotatable bonds is 5. The maximum Gasteiger partial charge on any atom is -0.0351 e. The summed E-state index contributed by atoms with van der Waals surface area (Å²) in [5.74, 6) is 2.16. The van der Waals surface area contributed by atoms with Crippen LogP contribution >= 0.6 is 0 Å². The Morgan fingerprint density at radius 2 is 2.10 bits per heavy atom. The molecule has 0 heteroatoms. The van der Waals surface area contributed by atoms with Crippen molar-refractivity contribution in [3.05, 3.63) is 12.7 Å². The van der Waals surface area contributed by atoms with E-state index in [2.05, 4.69) is 13.5 Å². The van der Waals surface area contributed by atoms with Crippen LogP contribution in [0.4, 0.5) is 0 Å². The Bertz CT molecular complexity index is 105. The maximum absolute atomic E-state index is 3.73. The van der Waals surface area contributed by atoms with Gasteiger partial charge in [0.15, 0.2) is 0 Å². The smallest absolute Gasteiger partial charge is 0.0351 e. The van der Waals surface area contributed by atoms with Crippen molar-refractivity contribution in [2.75, 3.05) is 0 Å². The molecule has 2 unspecified atom stereocenters. The van der Waals surface area contributed by atoms with Gasteiger partial charge in [0, 0.05) is 0 Å². The third-order valence-corrected chi connectivity index (χ3v) is 2.47. The van der Waals surface area contributed by atoms with Crippen LogP contribution in [-0.4, -0.2) is 0 Å². The van der Waals surface area contributed by atoms with Gasteiger partial charge in [0.25, 0.3) is 0 Å². The van der Waals surface area contributed by atoms with Crippen LogP contribution in [0.2, 0.25) is 0 Å². The van der Waals surface area contributed by atoms with E-state index in [-0.39, 0.29) is 0 Å². The van der Waals surface area contributed by atoms with E-state index in [0.29, 0.717) is 0 Å². The largest absolute Gasteiger partial charge is 0.103 e. The van der Waals surface area contributed by atoms with E-state index in [9.17, 15) is 0 Å². The molecule has 1 saturated carbocycles. The van der Waals surface area contributed by atoms with Crippen molar-refractivity contribution < 1.29 is 0 Å². The fourth-order valence-corrected chi connectivity index (χ4v) is 1.72. The molecule has 0 aliphatic heterocycles. The third kappa shape index (κ3) is 2.17. The molecule has 10 heavy (non-hydrogen) atoms. The van der Waals surface area contributed by atoms with Gasteiger partial charge in [0.2, 0.25) is 0 Å². The van der Waals surface area contributed by atoms with Crippen molar-refractivity contribution in [2.45, 2.75) is 39.0 Å². The highest BCUT2D eigenvalue weighted by Gasteiger charge is 2.34. The lowest BCUT2D eigenvalue weighted by Crippen LogP contribution is -1.81. The Hall–Kier alpha value is -0.260. The zero-order valence-electron chi connectivity index (χ0n) is 6.97. The second-order valence-corrected chi connectivity index (χ2v) is 3.41. The van der Waals surface area contributed by atoms with Gasteiger partial charge < -0.3 is 0 Å². The third-order valence-electron chi connectivity index (χ3n) is 2.47. The van der Waals surface area contributed by atoms with Crippen LogP contribution in [0.3, 0.4) is 0 Å². The van der Waals surface area contributed by atoms with Crippen molar-refractivity contribution >= 4 is 0 Å². The van der Waals surface area contributed by atoms with Crippen LogP contribution < -0.4 is 0 Å². The molecule has 2 atom stereocenters. The number of allylic oxidation sites excluding steroid dienone is 1. The predicted molar refractivity (Wildman–Crippen MR) is 45.9 cm³/mol. The summed E-state index contributed by atoms with van der Waals surface area (Å²) in [6.45, 7) is 6.01. The minimum atomic E-state index is 1.07. The zero-order valence-corrected chi connectivity index (χ0v) is 6.97. The standard InChI is InChI=1S/C10H18/c1-3-5-7-10-8-9(10)6-4-2/h3,9-10H,1,4-8H2,2H3. The molecule has 0 saturated heterocycles. The molecule has 0 aromatic heterocycles. The molecule has 0 aromatic carbocycles. The summed E-state index contributed by atoms with van der Waals surface area (Å²) in [6, 6.07) is 0. The zero-order chi connectivity index (χ0) is 7.40. The minimum Gasteiger partial charge on any atom is -0.103 e. The van der Waals surface area contributed by atoms with Crippen molar-refractivity contribution in [3.63, 3.8) is 0 Å². The van der Waals surface area contributed by atoms with Gasteiger partial charge >= 0.3 is 0 Å². The molecule has 1 fully saturated rings. The molecule has 0 bridgehead atoms. The second-order valence-electron chi connectivity index (χ2n) is 3.41. The van der Waals surface area contributed by atoms with Gasteiger partial charge in [-0.3, -0.25) is 0 Å². The Balaban J connectivity index is 1.96. The first-order valence-corrected chi connectivity index (χ1v) is 4.49. The first kappa shape index (κ1) is 7.84. The molecule has 0 radical (unpaired) electrons. The molecule has 0 spiro atoms. The molecular formula is C10H18. The molecule has 0 amide bonds. The first-order chi connectivity index (χ1) is 4.88. The molecule has 1 rings (SSSR count). The predicted octanol–water partition coefficient (Wildman–Crippen LogP) is 3.39. The van der Waals surface area contributed by atoms with E-state index in [4.69, 9.17) is 0 Å². The highest BCUT2D eigenvalue weighted by Crippen LogP contribution is 2.44. The van der Waals surface area contributed by atoms with Crippen LogP contribution in [0, 0.1) is 11.8 Å². The first-order valence-electron chi connectivity index (χ1n) is 4.49. The highest BCUT2D eigenvalue weighted by atomic mass is 14.4. The lowest BCUT2D eigenvalue weighted by Gasteiger charge is -1.93. The van der Waals surface area contributed by atoms with E-state index in [1.807, 2.05) is 6.08 Å². The van der Waals surface area contributed by atoms with Crippen molar-refractivity contribution in [3.8, 4) is 0 Å². The fourth-order valence-electron chi connectivity index (χ4n) is 1.72. The lowest BCUT2D eigenvalue weighted by atomic mass is 10.1. The maximum atomic E-state index is 3.73.